The molecule has 5 heteroatoms. The van der Waals surface area contributed by atoms with Gasteiger partial charge in [-0.05, 0) is 25.5 Å². The van der Waals surface area contributed by atoms with Gasteiger partial charge in [-0.1, -0.05) is 12.1 Å². The third-order valence-electron chi connectivity index (χ3n) is 4.87. The summed E-state index contributed by atoms with van der Waals surface area (Å²) in [5, 5.41) is 1.22. The minimum absolute atomic E-state index is 1.04. The van der Waals surface area contributed by atoms with E-state index in [0.717, 1.165) is 35.5 Å². The predicted octanol–water partition coefficient (Wildman–Crippen LogP) is 1.14. The number of benzene rings is 1. The topological polar surface area (TPSA) is 49.2 Å². The van der Waals surface area contributed by atoms with Gasteiger partial charge >= 0.3 is 0 Å². The molecule has 2 N–H and O–H groups in total. The molecule has 0 atom stereocenters. The number of aromatic nitrogens is 3. The van der Waals surface area contributed by atoms with E-state index in [-0.39, 0.29) is 0 Å². The predicted molar refractivity (Wildman–Crippen MR) is 89.6 cm³/mol. The summed E-state index contributed by atoms with van der Waals surface area (Å²) < 4.78 is 0. The van der Waals surface area contributed by atoms with E-state index in [2.05, 4.69) is 51.9 Å². The maximum atomic E-state index is 4.58. The number of aryl methyl sites for hydroxylation is 1. The zero-order valence-corrected chi connectivity index (χ0v) is 13.2. The van der Waals surface area contributed by atoms with Crippen LogP contribution in [0.2, 0.25) is 0 Å². The molecule has 2 aromatic heterocycles. The molecule has 1 aromatic carbocycles. The van der Waals surface area contributed by atoms with E-state index in [1.54, 1.807) is 11.2 Å². The van der Waals surface area contributed by atoms with Gasteiger partial charge in [0.05, 0.1) is 32.7 Å². The van der Waals surface area contributed by atoms with E-state index in [1.165, 1.54) is 30.6 Å². The van der Waals surface area contributed by atoms with Crippen molar-refractivity contribution >= 4 is 27.8 Å². The zero-order valence-electron chi connectivity index (χ0n) is 13.2. The smallest absolute Gasteiger partial charge is 0.156 e. The molecule has 0 saturated carbocycles. The Morgan fingerprint density at radius 2 is 2.05 bits per heavy atom. The molecule has 4 rings (SSSR count). The Kier molecular flexibility index (Phi) is 3.22. The molecule has 22 heavy (non-hydrogen) atoms. The molecule has 3 aromatic rings. The highest BCUT2D eigenvalue weighted by molar-refractivity contribution is 6.09. The van der Waals surface area contributed by atoms with Crippen LogP contribution in [-0.4, -0.2) is 47.7 Å². The summed E-state index contributed by atoms with van der Waals surface area (Å²) in [7, 11) is 0. The van der Waals surface area contributed by atoms with Crippen molar-refractivity contribution in [3.8, 4) is 0 Å². The van der Waals surface area contributed by atoms with Crippen LogP contribution in [0.1, 0.15) is 12.5 Å². The summed E-state index contributed by atoms with van der Waals surface area (Å²) in [5.74, 6) is 1.05. The Bertz CT molecular complexity index is 814. The maximum Gasteiger partial charge on any atom is 0.156 e. The molecular weight excluding hydrogens is 274 g/mol. The summed E-state index contributed by atoms with van der Waals surface area (Å²) in [6.45, 7) is 10.1. The summed E-state index contributed by atoms with van der Waals surface area (Å²) in [4.78, 5) is 16.7. The Balaban J connectivity index is 1.82. The first-order valence-corrected chi connectivity index (χ1v) is 8.08. The number of nitrogens with zero attached hydrogens (tertiary/aromatic N) is 3. The van der Waals surface area contributed by atoms with Gasteiger partial charge in [0, 0.05) is 10.9 Å². The van der Waals surface area contributed by atoms with Gasteiger partial charge in [-0.15, -0.1) is 0 Å². The molecule has 0 radical (unpaired) electrons. The SMILES string of the molecule is CC[NH+]1CCN(c2ncnc3c2[nH]c2cccc(C)c23)CC1. The average Bonchev–Trinajstić information content (AvgIpc) is 2.95. The molecule has 1 fully saturated rings. The number of hydrogen-bond acceptors (Lipinski definition) is 3. The molecule has 114 valence electrons. The van der Waals surface area contributed by atoms with E-state index in [0.29, 0.717) is 0 Å². The first-order valence-electron chi connectivity index (χ1n) is 8.08. The van der Waals surface area contributed by atoms with Gasteiger partial charge in [-0.25, -0.2) is 9.97 Å². The van der Waals surface area contributed by atoms with Gasteiger partial charge in [0.15, 0.2) is 5.82 Å². The lowest BCUT2D eigenvalue weighted by atomic mass is 10.1. The van der Waals surface area contributed by atoms with Crippen molar-refractivity contribution in [1.29, 1.82) is 0 Å². The summed E-state index contributed by atoms with van der Waals surface area (Å²) in [6, 6.07) is 6.34. The molecule has 1 saturated heterocycles. The number of nitrogens with one attached hydrogen (secondary N) is 2. The second-order valence-electron chi connectivity index (χ2n) is 6.13. The lowest BCUT2D eigenvalue weighted by Gasteiger charge is -2.32. The third-order valence-corrected chi connectivity index (χ3v) is 4.87. The second-order valence-corrected chi connectivity index (χ2v) is 6.13. The Labute approximate surface area is 130 Å². The largest absolute Gasteiger partial charge is 0.350 e. The fourth-order valence-electron chi connectivity index (χ4n) is 3.53. The van der Waals surface area contributed by atoms with E-state index >= 15 is 0 Å². The fraction of sp³-hybridized carbons (Fsp3) is 0.412. The number of quaternary nitrogens is 1. The number of anilines is 1. The number of hydrogen-bond donors (Lipinski definition) is 2. The van der Waals surface area contributed by atoms with Gasteiger partial charge in [-0.2, -0.15) is 0 Å². The number of piperazine rings is 1. The van der Waals surface area contributed by atoms with Crippen LogP contribution >= 0.6 is 0 Å². The van der Waals surface area contributed by atoms with E-state index in [1.807, 2.05) is 0 Å². The van der Waals surface area contributed by atoms with Gasteiger partial charge in [-0.3, -0.25) is 0 Å². The van der Waals surface area contributed by atoms with Gasteiger partial charge in [0.1, 0.15) is 17.4 Å². The normalized spacial score (nSPS) is 16.7. The van der Waals surface area contributed by atoms with E-state index in [9.17, 15) is 0 Å². The molecule has 3 heterocycles. The number of fused-ring (bicyclic) bond motifs is 3. The van der Waals surface area contributed by atoms with Crippen LogP contribution in [0.4, 0.5) is 5.82 Å². The van der Waals surface area contributed by atoms with E-state index in [4.69, 9.17) is 0 Å². The molecule has 0 bridgehead atoms. The fourth-order valence-corrected chi connectivity index (χ4v) is 3.53. The first kappa shape index (κ1) is 13.5. The van der Waals surface area contributed by atoms with Crippen LogP contribution in [0.3, 0.4) is 0 Å². The molecule has 5 nitrogen and oxygen atoms in total. The second kappa shape index (κ2) is 5.25. The van der Waals surface area contributed by atoms with Crippen molar-refractivity contribution in [2.45, 2.75) is 13.8 Å². The van der Waals surface area contributed by atoms with Gasteiger partial charge in [0.2, 0.25) is 0 Å². The Morgan fingerprint density at radius 3 is 2.82 bits per heavy atom. The number of rotatable bonds is 2. The van der Waals surface area contributed by atoms with Crippen LogP contribution in [0.5, 0.6) is 0 Å². The molecule has 0 amide bonds. The average molecular weight is 296 g/mol. The molecule has 0 spiro atoms. The van der Waals surface area contributed by atoms with Crippen molar-refractivity contribution in [2.24, 2.45) is 0 Å². The maximum absolute atomic E-state index is 4.58. The highest BCUT2D eigenvalue weighted by Crippen LogP contribution is 2.30. The molecule has 0 aliphatic carbocycles. The third kappa shape index (κ3) is 2.04. The van der Waals surface area contributed by atoms with Crippen LogP contribution < -0.4 is 9.80 Å². The Morgan fingerprint density at radius 1 is 1.23 bits per heavy atom. The van der Waals surface area contributed by atoms with Crippen LogP contribution in [0, 0.1) is 6.92 Å². The Hall–Kier alpha value is -2.14. The zero-order chi connectivity index (χ0) is 15.1. The monoisotopic (exact) mass is 296 g/mol. The summed E-state index contributed by atoms with van der Waals surface area (Å²) in [5.41, 5.74) is 4.53. The van der Waals surface area contributed by atoms with Crippen molar-refractivity contribution < 1.29 is 4.90 Å². The molecule has 0 unspecified atom stereocenters. The van der Waals surface area contributed by atoms with Crippen molar-refractivity contribution in [1.82, 2.24) is 15.0 Å². The van der Waals surface area contributed by atoms with Crippen molar-refractivity contribution in [2.75, 3.05) is 37.6 Å². The van der Waals surface area contributed by atoms with E-state index < -0.39 is 0 Å². The molecule has 1 aliphatic rings. The minimum atomic E-state index is 1.04. The first-order chi connectivity index (χ1) is 10.8. The number of aromatic amines is 1. The summed E-state index contributed by atoms with van der Waals surface area (Å²) >= 11 is 0. The summed E-state index contributed by atoms with van der Waals surface area (Å²) in [6.07, 6.45) is 1.70. The molecular formula is C17H22N5+. The van der Waals surface area contributed by atoms with Crippen LogP contribution in [0.15, 0.2) is 24.5 Å². The number of H-pyrrole nitrogens is 1. The minimum Gasteiger partial charge on any atom is -0.350 e. The van der Waals surface area contributed by atoms with Gasteiger partial charge in [0.25, 0.3) is 0 Å². The number of likely N-dealkylation sites (N-methyl/N-ethyl adjacent to an activating group) is 1. The lowest BCUT2D eigenvalue weighted by Crippen LogP contribution is -3.14. The van der Waals surface area contributed by atoms with Crippen molar-refractivity contribution in [3.63, 3.8) is 0 Å². The van der Waals surface area contributed by atoms with Crippen LogP contribution in [0.25, 0.3) is 21.9 Å². The highest BCUT2D eigenvalue weighted by Gasteiger charge is 2.22. The van der Waals surface area contributed by atoms with Gasteiger partial charge < -0.3 is 14.8 Å². The van der Waals surface area contributed by atoms with Crippen molar-refractivity contribution in [3.05, 3.63) is 30.1 Å². The lowest BCUT2D eigenvalue weighted by molar-refractivity contribution is -0.898. The van der Waals surface area contributed by atoms with Crippen LogP contribution in [-0.2, 0) is 0 Å². The quantitative estimate of drug-likeness (QED) is 0.746. The molecule has 1 aliphatic heterocycles. The standard InChI is InChI=1S/C17H21N5/c1-3-21-7-9-22(10-8-21)17-16-15(18-11-19-17)14-12(2)5-4-6-13(14)20-16/h4-6,11,20H,3,7-10H2,1-2H3/p+1. The highest BCUT2D eigenvalue weighted by atomic mass is 15.3.